The molecule has 0 aliphatic carbocycles. The van der Waals surface area contributed by atoms with Crippen molar-refractivity contribution in [2.24, 2.45) is 0 Å². The third-order valence-corrected chi connectivity index (χ3v) is 3.73. The highest BCUT2D eigenvalue weighted by atomic mass is 16.6. The maximum Gasteiger partial charge on any atom is 0.410 e. The number of aromatic nitrogens is 2. The summed E-state index contributed by atoms with van der Waals surface area (Å²) in [6.45, 7) is 12.0. The summed E-state index contributed by atoms with van der Waals surface area (Å²) in [7, 11) is 0. The third-order valence-electron chi connectivity index (χ3n) is 3.73. The number of carbonyl (C=O) groups is 1. The predicted octanol–water partition coefficient (Wildman–Crippen LogP) is 2.31. The standard InChI is InChI=1S/C16H26N4O2/c1-12-9-19(15(21)22-16(3,4)5)10-13(2)20(12)11-14-7-6-8-17-18-14/h6-8,12-13H,9-11H2,1-5H3/t12-,13-/m0/s1. The fourth-order valence-corrected chi connectivity index (χ4v) is 2.75. The van der Waals surface area contributed by atoms with Crippen LogP contribution >= 0.6 is 0 Å². The molecule has 0 saturated carbocycles. The molecular formula is C16H26N4O2. The fourth-order valence-electron chi connectivity index (χ4n) is 2.75. The minimum atomic E-state index is -0.458. The summed E-state index contributed by atoms with van der Waals surface area (Å²) in [5.74, 6) is 0. The fraction of sp³-hybridized carbons (Fsp3) is 0.688. The average molecular weight is 306 g/mol. The Morgan fingerprint density at radius 1 is 1.32 bits per heavy atom. The highest BCUT2D eigenvalue weighted by Gasteiger charge is 2.33. The molecule has 0 aromatic carbocycles. The Bertz CT molecular complexity index is 489. The van der Waals surface area contributed by atoms with Gasteiger partial charge in [-0.05, 0) is 46.8 Å². The van der Waals surface area contributed by atoms with Gasteiger partial charge in [0, 0.05) is 37.9 Å². The lowest BCUT2D eigenvalue weighted by atomic mass is 10.1. The normalized spacial score (nSPS) is 23.4. The minimum Gasteiger partial charge on any atom is -0.444 e. The van der Waals surface area contributed by atoms with Crippen LogP contribution in [-0.4, -0.2) is 56.9 Å². The van der Waals surface area contributed by atoms with E-state index in [0.29, 0.717) is 13.1 Å². The molecule has 0 spiro atoms. The van der Waals surface area contributed by atoms with Crippen molar-refractivity contribution in [2.75, 3.05) is 13.1 Å². The van der Waals surface area contributed by atoms with E-state index in [9.17, 15) is 4.79 Å². The van der Waals surface area contributed by atoms with Crippen LogP contribution < -0.4 is 0 Å². The number of nitrogens with zero attached hydrogens (tertiary/aromatic N) is 4. The number of carbonyl (C=O) groups excluding carboxylic acids is 1. The second-order valence-corrected chi connectivity index (χ2v) is 6.97. The molecule has 1 aromatic heterocycles. The minimum absolute atomic E-state index is 0.231. The lowest BCUT2D eigenvalue weighted by Crippen LogP contribution is -2.58. The second kappa shape index (κ2) is 6.60. The number of rotatable bonds is 2. The molecule has 6 nitrogen and oxygen atoms in total. The van der Waals surface area contributed by atoms with Crippen molar-refractivity contribution < 1.29 is 9.53 Å². The smallest absolute Gasteiger partial charge is 0.410 e. The molecule has 0 bridgehead atoms. The molecule has 0 unspecified atom stereocenters. The molecule has 1 aromatic rings. The Morgan fingerprint density at radius 3 is 2.45 bits per heavy atom. The van der Waals surface area contributed by atoms with Crippen molar-refractivity contribution in [3.05, 3.63) is 24.0 Å². The van der Waals surface area contributed by atoms with E-state index in [1.54, 1.807) is 11.1 Å². The molecule has 0 N–H and O–H groups in total. The summed E-state index contributed by atoms with van der Waals surface area (Å²) < 4.78 is 5.47. The monoisotopic (exact) mass is 306 g/mol. The Morgan fingerprint density at radius 2 is 1.95 bits per heavy atom. The largest absolute Gasteiger partial charge is 0.444 e. The zero-order valence-electron chi connectivity index (χ0n) is 14.1. The van der Waals surface area contributed by atoms with Crippen LogP contribution in [0.1, 0.15) is 40.3 Å². The van der Waals surface area contributed by atoms with E-state index in [1.807, 2.05) is 32.9 Å². The number of hydrogen-bond acceptors (Lipinski definition) is 5. The summed E-state index contributed by atoms with van der Waals surface area (Å²) in [6.07, 6.45) is 1.45. The third kappa shape index (κ3) is 4.40. The molecule has 1 amide bonds. The van der Waals surface area contributed by atoms with E-state index in [4.69, 9.17) is 4.74 Å². The van der Waals surface area contributed by atoms with Gasteiger partial charge in [0.1, 0.15) is 5.60 Å². The Balaban J connectivity index is 1.98. The van der Waals surface area contributed by atoms with Gasteiger partial charge in [0.15, 0.2) is 0 Å². The Kier molecular flexibility index (Phi) is 5.01. The van der Waals surface area contributed by atoms with Crippen molar-refractivity contribution >= 4 is 6.09 Å². The van der Waals surface area contributed by atoms with Crippen LogP contribution in [0.3, 0.4) is 0 Å². The summed E-state index contributed by atoms with van der Waals surface area (Å²) in [6, 6.07) is 4.37. The number of hydrogen-bond donors (Lipinski definition) is 0. The van der Waals surface area contributed by atoms with Gasteiger partial charge in [-0.15, -0.1) is 0 Å². The van der Waals surface area contributed by atoms with Crippen LogP contribution in [0.4, 0.5) is 4.79 Å². The summed E-state index contributed by atoms with van der Waals surface area (Å²) in [4.78, 5) is 16.4. The molecule has 2 rings (SSSR count). The maximum atomic E-state index is 12.2. The van der Waals surface area contributed by atoms with Crippen LogP contribution in [0.25, 0.3) is 0 Å². The molecule has 0 radical (unpaired) electrons. The van der Waals surface area contributed by atoms with Gasteiger partial charge in [0.05, 0.1) is 5.69 Å². The summed E-state index contributed by atoms with van der Waals surface area (Å²) >= 11 is 0. The molecule has 2 heterocycles. The Labute approximate surface area is 132 Å². The van der Waals surface area contributed by atoms with Crippen LogP contribution in [0.15, 0.2) is 18.3 Å². The van der Waals surface area contributed by atoms with Gasteiger partial charge in [-0.25, -0.2) is 4.79 Å². The van der Waals surface area contributed by atoms with Gasteiger partial charge in [0.2, 0.25) is 0 Å². The molecule has 1 aliphatic rings. The molecule has 1 saturated heterocycles. The zero-order chi connectivity index (χ0) is 16.3. The lowest BCUT2D eigenvalue weighted by Gasteiger charge is -2.44. The first-order chi connectivity index (χ1) is 10.3. The zero-order valence-corrected chi connectivity index (χ0v) is 14.1. The molecule has 1 aliphatic heterocycles. The second-order valence-electron chi connectivity index (χ2n) is 6.97. The van der Waals surface area contributed by atoms with Gasteiger partial charge >= 0.3 is 6.09 Å². The van der Waals surface area contributed by atoms with E-state index in [1.165, 1.54) is 0 Å². The van der Waals surface area contributed by atoms with E-state index < -0.39 is 5.60 Å². The quantitative estimate of drug-likeness (QED) is 0.839. The molecule has 6 heteroatoms. The van der Waals surface area contributed by atoms with Gasteiger partial charge < -0.3 is 9.64 Å². The number of ether oxygens (including phenoxy) is 1. The molecular weight excluding hydrogens is 280 g/mol. The topological polar surface area (TPSA) is 58.6 Å². The molecule has 1 fully saturated rings. The molecule has 2 atom stereocenters. The Hall–Kier alpha value is -1.69. The van der Waals surface area contributed by atoms with Crippen LogP contribution in [0.5, 0.6) is 0 Å². The predicted molar refractivity (Wildman–Crippen MR) is 84.3 cm³/mol. The van der Waals surface area contributed by atoms with Crippen molar-refractivity contribution in [2.45, 2.75) is 58.8 Å². The van der Waals surface area contributed by atoms with E-state index in [2.05, 4.69) is 28.9 Å². The highest BCUT2D eigenvalue weighted by Crippen LogP contribution is 2.20. The van der Waals surface area contributed by atoms with Crippen LogP contribution in [0, 0.1) is 0 Å². The average Bonchev–Trinajstić information content (AvgIpc) is 2.42. The van der Waals surface area contributed by atoms with E-state index in [-0.39, 0.29) is 18.2 Å². The molecule has 122 valence electrons. The summed E-state index contributed by atoms with van der Waals surface area (Å²) in [5.41, 5.74) is 0.493. The molecule has 22 heavy (non-hydrogen) atoms. The number of amides is 1. The van der Waals surface area contributed by atoms with E-state index in [0.717, 1.165) is 12.2 Å². The first-order valence-electron chi connectivity index (χ1n) is 7.76. The van der Waals surface area contributed by atoms with Crippen molar-refractivity contribution in [3.63, 3.8) is 0 Å². The van der Waals surface area contributed by atoms with Gasteiger partial charge in [-0.2, -0.15) is 10.2 Å². The van der Waals surface area contributed by atoms with Gasteiger partial charge in [0.25, 0.3) is 0 Å². The highest BCUT2D eigenvalue weighted by molar-refractivity contribution is 5.68. The number of piperazine rings is 1. The SMILES string of the molecule is C[C@H]1CN(C(=O)OC(C)(C)C)C[C@H](C)N1Cc1cccnn1. The summed E-state index contributed by atoms with van der Waals surface area (Å²) in [5, 5.41) is 8.07. The lowest BCUT2D eigenvalue weighted by molar-refractivity contribution is -0.0100. The van der Waals surface area contributed by atoms with Crippen molar-refractivity contribution in [1.82, 2.24) is 20.0 Å². The van der Waals surface area contributed by atoms with Crippen molar-refractivity contribution in [1.29, 1.82) is 0 Å². The first-order valence-corrected chi connectivity index (χ1v) is 7.76. The van der Waals surface area contributed by atoms with Crippen LogP contribution in [-0.2, 0) is 11.3 Å². The van der Waals surface area contributed by atoms with Gasteiger partial charge in [-0.3, -0.25) is 4.90 Å². The van der Waals surface area contributed by atoms with Crippen molar-refractivity contribution in [3.8, 4) is 0 Å². The van der Waals surface area contributed by atoms with Gasteiger partial charge in [-0.1, -0.05) is 0 Å². The van der Waals surface area contributed by atoms with Crippen LogP contribution in [0.2, 0.25) is 0 Å². The van der Waals surface area contributed by atoms with E-state index >= 15 is 0 Å². The first kappa shape index (κ1) is 16.7. The maximum absolute atomic E-state index is 12.2.